The van der Waals surface area contributed by atoms with Crippen molar-refractivity contribution in [2.24, 2.45) is 11.8 Å². The van der Waals surface area contributed by atoms with Crippen molar-refractivity contribution < 1.29 is 14.4 Å². The molecular weight excluding hydrogens is 434 g/mol. The summed E-state index contributed by atoms with van der Waals surface area (Å²) in [6, 6.07) is 11.8. The van der Waals surface area contributed by atoms with E-state index in [-0.39, 0.29) is 35.6 Å². The van der Waals surface area contributed by atoms with E-state index in [0.717, 1.165) is 25.7 Å². The number of nitrogens with zero attached hydrogens (tertiary/aromatic N) is 2. The lowest BCUT2D eigenvalue weighted by molar-refractivity contribution is -0.136. The van der Waals surface area contributed by atoms with Gasteiger partial charge >= 0.3 is 0 Å². The van der Waals surface area contributed by atoms with E-state index in [1.807, 2.05) is 39.4 Å². The summed E-state index contributed by atoms with van der Waals surface area (Å²) in [6.45, 7) is 2.65. The topological polar surface area (TPSA) is 69.7 Å². The van der Waals surface area contributed by atoms with Gasteiger partial charge in [0.2, 0.25) is 11.8 Å². The van der Waals surface area contributed by atoms with Crippen LogP contribution in [0.15, 0.2) is 41.8 Å². The first-order valence-electron chi connectivity index (χ1n) is 12.1. The molecule has 7 heteroatoms. The molecule has 1 N–H and O–H groups in total. The van der Waals surface area contributed by atoms with Crippen molar-refractivity contribution >= 4 is 29.1 Å². The molecule has 3 amide bonds. The van der Waals surface area contributed by atoms with Gasteiger partial charge in [-0.05, 0) is 61.1 Å². The minimum absolute atomic E-state index is 0.00614. The zero-order valence-electron chi connectivity index (χ0n) is 18.9. The molecule has 33 heavy (non-hydrogen) atoms. The van der Waals surface area contributed by atoms with E-state index in [1.54, 1.807) is 0 Å². The van der Waals surface area contributed by atoms with Crippen LogP contribution in [0, 0.1) is 11.8 Å². The lowest BCUT2D eigenvalue weighted by Gasteiger charge is -2.33. The molecule has 174 valence electrons. The number of nitrogens with one attached hydrogen (secondary N) is 1. The molecule has 1 aliphatic carbocycles. The van der Waals surface area contributed by atoms with Crippen molar-refractivity contribution in [3.63, 3.8) is 0 Å². The van der Waals surface area contributed by atoms with Gasteiger partial charge in [-0.1, -0.05) is 30.3 Å². The van der Waals surface area contributed by atoms with Gasteiger partial charge < -0.3 is 15.1 Å². The van der Waals surface area contributed by atoms with Crippen LogP contribution >= 0.6 is 11.3 Å². The third-order valence-corrected chi connectivity index (χ3v) is 8.28. The number of carbonyl (C=O) groups excluding carboxylic acids is 3. The molecule has 1 saturated heterocycles. The van der Waals surface area contributed by atoms with Crippen LogP contribution in [-0.2, 0) is 22.6 Å². The molecule has 6 nitrogen and oxygen atoms in total. The van der Waals surface area contributed by atoms with Gasteiger partial charge in [0, 0.05) is 38.1 Å². The first-order chi connectivity index (χ1) is 16.1. The predicted molar refractivity (Wildman–Crippen MR) is 128 cm³/mol. The average Bonchev–Trinajstić information content (AvgIpc) is 3.53. The number of fused-ring (bicyclic) bond motifs is 2. The van der Waals surface area contributed by atoms with Crippen molar-refractivity contribution in [2.45, 2.75) is 51.1 Å². The molecule has 2 aromatic rings. The number of amides is 3. The van der Waals surface area contributed by atoms with Gasteiger partial charge in [0.25, 0.3) is 5.91 Å². The van der Waals surface area contributed by atoms with Crippen LogP contribution in [0.2, 0.25) is 0 Å². The fraction of sp³-hybridized carbons (Fsp3) is 0.500. The minimum Gasteiger partial charge on any atom is -0.356 e. The number of hydrogen-bond acceptors (Lipinski definition) is 4. The highest BCUT2D eigenvalue weighted by Crippen LogP contribution is 2.38. The molecule has 3 unspecified atom stereocenters. The summed E-state index contributed by atoms with van der Waals surface area (Å²) in [5.41, 5.74) is 2.52. The van der Waals surface area contributed by atoms with E-state index in [9.17, 15) is 14.4 Å². The van der Waals surface area contributed by atoms with Crippen LogP contribution in [-0.4, -0.2) is 53.2 Å². The maximum Gasteiger partial charge on any atom is 0.264 e. The van der Waals surface area contributed by atoms with Crippen LogP contribution < -0.4 is 5.32 Å². The molecule has 1 saturated carbocycles. The third kappa shape index (κ3) is 4.56. The Morgan fingerprint density at radius 2 is 1.82 bits per heavy atom. The molecule has 1 aromatic heterocycles. The van der Waals surface area contributed by atoms with E-state index in [2.05, 4.69) is 17.4 Å². The molecule has 0 radical (unpaired) electrons. The lowest BCUT2D eigenvalue weighted by atomic mass is 9.97. The lowest BCUT2D eigenvalue weighted by Crippen LogP contribution is -2.48. The first-order valence-corrected chi connectivity index (χ1v) is 13.0. The van der Waals surface area contributed by atoms with E-state index in [1.165, 1.54) is 22.5 Å². The number of carbonyl (C=O) groups is 3. The summed E-state index contributed by atoms with van der Waals surface area (Å²) >= 11 is 1.44. The van der Waals surface area contributed by atoms with Crippen LogP contribution in [0.3, 0.4) is 0 Å². The number of rotatable bonds is 2. The highest BCUT2D eigenvalue weighted by molar-refractivity contribution is 7.12. The van der Waals surface area contributed by atoms with Crippen molar-refractivity contribution in [3.05, 3.63) is 57.8 Å². The highest BCUT2D eigenvalue weighted by Gasteiger charge is 2.47. The quantitative estimate of drug-likeness (QED) is 0.738. The summed E-state index contributed by atoms with van der Waals surface area (Å²) < 4.78 is 0. The summed E-state index contributed by atoms with van der Waals surface area (Å²) in [6.07, 6.45) is 4.75. The molecule has 0 spiro atoms. The van der Waals surface area contributed by atoms with Crippen molar-refractivity contribution in [3.8, 4) is 0 Å². The van der Waals surface area contributed by atoms with Crippen LogP contribution in [0.5, 0.6) is 0 Å². The predicted octanol–water partition coefficient (Wildman–Crippen LogP) is 3.47. The molecule has 3 aliphatic rings. The summed E-state index contributed by atoms with van der Waals surface area (Å²) in [7, 11) is 0. The Bertz CT molecular complexity index is 1020. The Morgan fingerprint density at radius 3 is 2.64 bits per heavy atom. The van der Waals surface area contributed by atoms with Crippen molar-refractivity contribution in [1.82, 2.24) is 15.1 Å². The second-order valence-corrected chi connectivity index (χ2v) is 10.4. The van der Waals surface area contributed by atoms with Crippen LogP contribution in [0.4, 0.5) is 0 Å². The van der Waals surface area contributed by atoms with Gasteiger partial charge in [-0.15, -0.1) is 11.3 Å². The Labute approximate surface area is 199 Å². The van der Waals surface area contributed by atoms with Gasteiger partial charge in [0.05, 0.1) is 10.8 Å². The third-order valence-electron chi connectivity index (χ3n) is 7.43. The van der Waals surface area contributed by atoms with Gasteiger partial charge in [-0.3, -0.25) is 14.4 Å². The number of thiophene rings is 1. The fourth-order valence-electron chi connectivity index (χ4n) is 5.67. The van der Waals surface area contributed by atoms with E-state index in [4.69, 9.17) is 0 Å². The normalized spacial score (nSPS) is 25.7. The minimum atomic E-state index is -0.335. The highest BCUT2D eigenvalue weighted by atomic mass is 32.1. The maximum absolute atomic E-state index is 13.6. The second-order valence-electron chi connectivity index (χ2n) is 9.45. The number of benzene rings is 1. The molecule has 2 aliphatic heterocycles. The van der Waals surface area contributed by atoms with Crippen molar-refractivity contribution in [2.75, 3.05) is 19.6 Å². The number of hydrogen-bond donors (Lipinski definition) is 1. The van der Waals surface area contributed by atoms with E-state index < -0.39 is 0 Å². The average molecular weight is 466 g/mol. The summed E-state index contributed by atoms with van der Waals surface area (Å²) in [5, 5.41) is 4.98. The summed E-state index contributed by atoms with van der Waals surface area (Å²) in [5.74, 6) is -0.449. The fourth-order valence-corrected chi connectivity index (χ4v) is 6.35. The molecule has 1 aromatic carbocycles. The summed E-state index contributed by atoms with van der Waals surface area (Å²) in [4.78, 5) is 44.6. The zero-order chi connectivity index (χ0) is 22.8. The second kappa shape index (κ2) is 9.67. The monoisotopic (exact) mass is 465 g/mol. The molecular formula is C26H31N3O3S. The van der Waals surface area contributed by atoms with Crippen LogP contribution in [0.25, 0.3) is 0 Å². The van der Waals surface area contributed by atoms with Gasteiger partial charge in [-0.25, -0.2) is 0 Å². The standard InChI is InChI=1S/C26H31N3O3S/c30-24-21-15-20(25(31)28-13-10-18-7-2-3-8-19(18)17-28)16-22(21)29(12-5-1-4-11-27-24)26(32)23-9-6-14-33-23/h2-3,6-9,14,20-22H,1,4-5,10-13,15-17H2,(H,27,30). The Balaban J connectivity index is 1.37. The molecule has 5 rings (SSSR count). The van der Waals surface area contributed by atoms with Gasteiger partial charge in [-0.2, -0.15) is 0 Å². The largest absolute Gasteiger partial charge is 0.356 e. The smallest absolute Gasteiger partial charge is 0.264 e. The Morgan fingerprint density at radius 1 is 0.970 bits per heavy atom. The SMILES string of the molecule is O=C1NCCCCCN(C(=O)c2cccs2)C2CC(C(=O)N3CCc4ccccc4C3)CC12. The van der Waals surface area contributed by atoms with E-state index >= 15 is 0 Å². The zero-order valence-corrected chi connectivity index (χ0v) is 19.7. The van der Waals surface area contributed by atoms with E-state index in [0.29, 0.717) is 43.9 Å². The maximum atomic E-state index is 13.6. The Hall–Kier alpha value is -2.67. The molecule has 3 atom stereocenters. The molecule has 0 bridgehead atoms. The molecule has 3 heterocycles. The van der Waals surface area contributed by atoms with Gasteiger partial charge in [0.15, 0.2) is 0 Å². The van der Waals surface area contributed by atoms with Gasteiger partial charge in [0.1, 0.15) is 0 Å². The Kier molecular flexibility index (Phi) is 6.49. The first kappa shape index (κ1) is 22.1. The van der Waals surface area contributed by atoms with Crippen molar-refractivity contribution in [1.29, 1.82) is 0 Å². The van der Waals surface area contributed by atoms with Crippen LogP contribution in [0.1, 0.15) is 52.9 Å². The molecule has 2 fully saturated rings.